The van der Waals surface area contributed by atoms with Crippen LogP contribution in [0.5, 0.6) is 0 Å². The molecule has 1 aromatic rings. The van der Waals surface area contributed by atoms with E-state index in [0.29, 0.717) is 24.4 Å². The minimum absolute atomic E-state index is 0.0748. The third kappa shape index (κ3) is 3.58. The average molecular weight is 449 g/mol. The highest BCUT2D eigenvalue weighted by Gasteiger charge is 2.63. The van der Waals surface area contributed by atoms with Crippen LogP contribution in [0.3, 0.4) is 0 Å². The number of Topliss-reactive ketones (excluding diaryl/α,β-unsaturated/α-hetero) is 1. The van der Waals surface area contributed by atoms with Gasteiger partial charge in [0.15, 0.2) is 5.78 Å². The molecule has 0 amide bonds. The number of ketones is 1. The van der Waals surface area contributed by atoms with E-state index < -0.39 is 0 Å². The van der Waals surface area contributed by atoms with Crippen LogP contribution >= 0.6 is 0 Å². The van der Waals surface area contributed by atoms with Crippen LogP contribution in [-0.2, 0) is 9.47 Å². The molecule has 0 radical (unpaired) electrons. The summed E-state index contributed by atoms with van der Waals surface area (Å²) in [6, 6.07) is 8.52. The normalized spacial score (nSPS) is 35.5. The molecule has 0 bridgehead atoms. The summed E-state index contributed by atoms with van der Waals surface area (Å²) in [5, 5.41) is 0. The molecule has 0 spiro atoms. The Kier molecular flexibility index (Phi) is 6.16. The van der Waals surface area contributed by atoms with Gasteiger partial charge in [0, 0.05) is 30.6 Å². The van der Waals surface area contributed by atoms with E-state index in [1.807, 2.05) is 19.2 Å². The second kappa shape index (κ2) is 8.82. The first kappa shape index (κ1) is 23.1. The van der Waals surface area contributed by atoms with Gasteiger partial charge in [0.05, 0.1) is 12.2 Å². The Balaban J connectivity index is 1.63. The van der Waals surface area contributed by atoms with Gasteiger partial charge >= 0.3 is 0 Å². The first-order valence-corrected chi connectivity index (χ1v) is 13.1. The number of fused-ring (bicyclic) bond motifs is 4. The molecule has 0 saturated heterocycles. The van der Waals surface area contributed by atoms with Crippen molar-refractivity contribution in [1.29, 1.82) is 0 Å². The van der Waals surface area contributed by atoms with E-state index in [2.05, 4.69) is 32.1 Å². The van der Waals surface area contributed by atoms with Crippen molar-refractivity contribution in [1.82, 2.24) is 0 Å². The van der Waals surface area contributed by atoms with Crippen LogP contribution < -0.4 is 0 Å². The van der Waals surface area contributed by atoms with E-state index >= 15 is 0 Å². The number of hydrogen-bond donors (Lipinski definition) is 0. The third-order valence-electron chi connectivity index (χ3n) is 9.74. The van der Waals surface area contributed by atoms with Crippen molar-refractivity contribution in [3.05, 3.63) is 58.2 Å². The van der Waals surface area contributed by atoms with Crippen LogP contribution in [0.15, 0.2) is 47.1 Å². The smallest absolute Gasteiger partial charge is 0.159 e. The van der Waals surface area contributed by atoms with Crippen molar-refractivity contribution in [3.8, 4) is 0 Å². The zero-order chi connectivity index (χ0) is 23.2. The summed E-state index contributed by atoms with van der Waals surface area (Å²) >= 11 is 0. The molecule has 0 unspecified atom stereocenters. The first-order valence-electron chi connectivity index (χ1n) is 13.1. The third-order valence-corrected chi connectivity index (χ3v) is 9.74. The van der Waals surface area contributed by atoms with E-state index in [-0.39, 0.29) is 16.8 Å². The number of rotatable bonds is 6. The number of hydrogen-bond acceptors (Lipinski definition) is 3. The standard InChI is InChI=1S/C30H40O3/c1-5-33-19-30(32-4)17-16-27-25-15-14-22-8-6-7-9-24(22)28(25)26(18-29(27,30)3)23-12-10-21(11-13-23)20(2)31/h8,10-13,25-27H,5-7,9,14-19H2,1-4H3/t25-,26+,27-,29-,30+/m0/s1. The summed E-state index contributed by atoms with van der Waals surface area (Å²) in [4.78, 5) is 11.9. The van der Waals surface area contributed by atoms with E-state index in [1.54, 1.807) is 23.6 Å². The summed E-state index contributed by atoms with van der Waals surface area (Å²) in [5.41, 5.74) is 7.07. The van der Waals surface area contributed by atoms with Gasteiger partial charge in [-0.1, -0.05) is 42.8 Å². The highest BCUT2D eigenvalue weighted by Crippen LogP contribution is 2.67. The maximum absolute atomic E-state index is 11.9. The van der Waals surface area contributed by atoms with Gasteiger partial charge in [-0.05, 0) is 93.8 Å². The summed E-state index contributed by atoms with van der Waals surface area (Å²) in [6.07, 6.45) is 12.2. The predicted octanol–water partition coefficient (Wildman–Crippen LogP) is 7.03. The highest BCUT2D eigenvalue weighted by molar-refractivity contribution is 5.94. The molecule has 0 aromatic heterocycles. The fourth-order valence-electron chi connectivity index (χ4n) is 7.99. The monoisotopic (exact) mass is 448 g/mol. The van der Waals surface area contributed by atoms with E-state index in [4.69, 9.17) is 9.47 Å². The Labute approximate surface area is 199 Å². The quantitative estimate of drug-likeness (QED) is 0.438. The molecular weight excluding hydrogens is 408 g/mol. The second-order valence-electron chi connectivity index (χ2n) is 11.0. The van der Waals surface area contributed by atoms with Crippen molar-refractivity contribution >= 4 is 5.78 Å². The maximum Gasteiger partial charge on any atom is 0.159 e. The Morgan fingerprint density at radius 3 is 2.64 bits per heavy atom. The number of allylic oxidation sites excluding steroid dienone is 4. The van der Waals surface area contributed by atoms with Crippen LogP contribution in [-0.4, -0.2) is 31.7 Å². The molecule has 0 heterocycles. The van der Waals surface area contributed by atoms with E-state index in [9.17, 15) is 4.79 Å². The van der Waals surface area contributed by atoms with Gasteiger partial charge in [-0.25, -0.2) is 0 Å². The molecule has 178 valence electrons. The minimum Gasteiger partial charge on any atom is -0.379 e. The molecule has 3 heteroatoms. The molecule has 2 saturated carbocycles. The van der Waals surface area contributed by atoms with Crippen LogP contribution in [0.4, 0.5) is 0 Å². The van der Waals surface area contributed by atoms with Crippen molar-refractivity contribution in [3.63, 3.8) is 0 Å². The first-order chi connectivity index (χ1) is 15.9. The molecule has 0 N–H and O–H groups in total. The molecule has 2 fully saturated rings. The summed E-state index contributed by atoms with van der Waals surface area (Å²) in [5.74, 6) is 1.81. The largest absolute Gasteiger partial charge is 0.379 e. The van der Waals surface area contributed by atoms with Crippen LogP contribution in [0.1, 0.15) is 94.0 Å². The number of methoxy groups -OCH3 is 1. The van der Waals surface area contributed by atoms with Crippen LogP contribution in [0.25, 0.3) is 0 Å². The van der Waals surface area contributed by atoms with Gasteiger partial charge in [-0.2, -0.15) is 0 Å². The van der Waals surface area contributed by atoms with Crippen molar-refractivity contribution in [2.24, 2.45) is 17.3 Å². The highest BCUT2D eigenvalue weighted by atomic mass is 16.5. The Bertz CT molecular complexity index is 971. The van der Waals surface area contributed by atoms with Gasteiger partial charge in [-0.15, -0.1) is 0 Å². The number of benzene rings is 1. The molecule has 5 rings (SSSR count). The lowest BCUT2D eigenvalue weighted by Crippen LogP contribution is -2.54. The Morgan fingerprint density at radius 1 is 1.15 bits per heavy atom. The fraction of sp³-hybridized carbons (Fsp3) is 0.633. The van der Waals surface area contributed by atoms with Gasteiger partial charge in [-0.3, -0.25) is 4.79 Å². The van der Waals surface area contributed by atoms with Crippen molar-refractivity contribution in [2.75, 3.05) is 20.3 Å². The molecule has 1 aromatic carbocycles. The van der Waals surface area contributed by atoms with Crippen LogP contribution in [0.2, 0.25) is 0 Å². The van der Waals surface area contributed by atoms with Gasteiger partial charge in [0.25, 0.3) is 0 Å². The number of ether oxygens (including phenoxy) is 2. The van der Waals surface area contributed by atoms with Crippen molar-refractivity contribution < 1.29 is 14.3 Å². The number of carbonyl (C=O) groups is 1. The molecule has 4 aliphatic rings. The molecule has 0 aliphatic heterocycles. The molecule has 33 heavy (non-hydrogen) atoms. The average Bonchev–Trinajstić information content (AvgIpc) is 3.14. The molecule has 5 atom stereocenters. The molecular formula is C30H40O3. The van der Waals surface area contributed by atoms with E-state index in [0.717, 1.165) is 25.0 Å². The summed E-state index contributed by atoms with van der Waals surface area (Å²) in [7, 11) is 1.90. The maximum atomic E-state index is 11.9. The van der Waals surface area contributed by atoms with Gasteiger partial charge < -0.3 is 9.47 Å². The lowest BCUT2D eigenvalue weighted by atomic mass is 9.51. The lowest BCUT2D eigenvalue weighted by Gasteiger charge is -2.55. The zero-order valence-electron chi connectivity index (χ0n) is 20.9. The lowest BCUT2D eigenvalue weighted by molar-refractivity contribution is -0.154. The summed E-state index contributed by atoms with van der Waals surface area (Å²) in [6.45, 7) is 7.65. The van der Waals surface area contributed by atoms with Gasteiger partial charge in [0.1, 0.15) is 0 Å². The van der Waals surface area contributed by atoms with Crippen LogP contribution in [0, 0.1) is 17.3 Å². The molecule has 4 aliphatic carbocycles. The summed E-state index contributed by atoms with van der Waals surface area (Å²) < 4.78 is 12.4. The Hall–Kier alpha value is -1.71. The second-order valence-corrected chi connectivity index (χ2v) is 11.0. The van der Waals surface area contributed by atoms with E-state index in [1.165, 1.54) is 44.1 Å². The predicted molar refractivity (Wildman–Crippen MR) is 133 cm³/mol. The SMILES string of the molecule is CCOC[C@]1(OC)CC[C@H]2[C@@H]3CCC4=CCCCC4=C3[C@@H](c3ccc(C(C)=O)cc3)C[C@@]21C. The molecule has 3 nitrogen and oxygen atoms in total. The van der Waals surface area contributed by atoms with Crippen molar-refractivity contribution in [2.45, 2.75) is 83.7 Å². The van der Waals surface area contributed by atoms with Gasteiger partial charge in [0.2, 0.25) is 0 Å². The number of carbonyl (C=O) groups excluding carboxylic acids is 1. The fourth-order valence-corrected chi connectivity index (χ4v) is 7.99. The topological polar surface area (TPSA) is 35.5 Å². The zero-order valence-corrected chi connectivity index (χ0v) is 20.9. The Morgan fingerprint density at radius 2 is 1.94 bits per heavy atom. The minimum atomic E-state index is -0.218.